The van der Waals surface area contributed by atoms with Crippen LogP contribution in [0.5, 0.6) is 0 Å². The van der Waals surface area contributed by atoms with Gasteiger partial charge in [0, 0.05) is 0 Å². The normalized spacial score (nSPS) is 11.8. The van der Waals surface area contributed by atoms with Gasteiger partial charge in [0.2, 0.25) is 5.95 Å². The summed E-state index contributed by atoms with van der Waals surface area (Å²) in [6, 6.07) is 3.30. The SMILES string of the molecule is CC(C)(C)c1cc(F)nc(Br)c1. The van der Waals surface area contributed by atoms with E-state index >= 15 is 0 Å². The van der Waals surface area contributed by atoms with E-state index in [0.29, 0.717) is 4.60 Å². The quantitative estimate of drug-likeness (QED) is 0.625. The van der Waals surface area contributed by atoms with Crippen LogP contribution in [0.25, 0.3) is 0 Å². The number of hydrogen-bond donors (Lipinski definition) is 0. The molecule has 0 aliphatic carbocycles. The standard InChI is InChI=1S/C9H11BrFN/c1-9(2,3)6-4-7(10)12-8(11)5-6/h4-5H,1-3H3. The molecule has 3 heteroatoms. The minimum Gasteiger partial charge on any atom is -0.213 e. The Morgan fingerprint density at radius 1 is 1.33 bits per heavy atom. The van der Waals surface area contributed by atoms with Crippen molar-refractivity contribution in [1.29, 1.82) is 0 Å². The average molecular weight is 232 g/mol. The van der Waals surface area contributed by atoms with Crippen LogP contribution in [-0.4, -0.2) is 4.98 Å². The van der Waals surface area contributed by atoms with Gasteiger partial charge in [0.15, 0.2) is 0 Å². The van der Waals surface area contributed by atoms with Crippen LogP contribution < -0.4 is 0 Å². The molecular weight excluding hydrogens is 221 g/mol. The molecule has 0 aliphatic heterocycles. The summed E-state index contributed by atoms with van der Waals surface area (Å²) in [5, 5.41) is 0. The molecule has 0 radical (unpaired) electrons. The molecule has 0 N–H and O–H groups in total. The minimum absolute atomic E-state index is 0.0354. The van der Waals surface area contributed by atoms with Crippen molar-refractivity contribution in [2.24, 2.45) is 0 Å². The predicted molar refractivity (Wildman–Crippen MR) is 50.6 cm³/mol. The van der Waals surface area contributed by atoms with E-state index in [0.717, 1.165) is 5.56 Å². The molecule has 0 saturated heterocycles. The molecule has 0 saturated carbocycles. The molecule has 1 aromatic heterocycles. The van der Waals surface area contributed by atoms with E-state index in [9.17, 15) is 4.39 Å². The fourth-order valence-corrected chi connectivity index (χ4v) is 1.31. The van der Waals surface area contributed by atoms with Crippen molar-refractivity contribution in [3.8, 4) is 0 Å². The van der Waals surface area contributed by atoms with Crippen molar-refractivity contribution >= 4 is 15.9 Å². The van der Waals surface area contributed by atoms with Crippen molar-refractivity contribution < 1.29 is 4.39 Å². The van der Waals surface area contributed by atoms with Gasteiger partial charge in [0.1, 0.15) is 4.60 Å². The highest BCUT2D eigenvalue weighted by Gasteiger charge is 2.15. The molecule has 0 bridgehead atoms. The van der Waals surface area contributed by atoms with Gasteiger partial charge >= 0.3 is 0 Å². The summed E-state index contributed by atoms with van der Waals surface area (Å²) in [4.78, 5) is 3.60. The number of aromatic nitrogens is 1. The summed E-state index contributed by atoms with van der Waals surface area (Å²) in [6.07, 6.45) is 0. The minimum atomic E-state index is -0.436. The lowest BCUT2D eigenvalue weighted by atomic mass is 9.88. The van der Waals surface area contributed by atoms with E-state index in [1.54, 1.807) is 0 Å². The molecular formula is C9H11BrFN. The van der Waals surface area contributed by atoms with Crippen LogP contribution in [0.2, 0.25) is 0 Å². The first kappa shape index (κ1) is 9.65. The molecule has 0 fully saturated rings. The van der Waals surface area contributed by atoms with Crippen molar-refractivity contribution in [3.05, 3.63) is 28.2 Å². The lowest BCUT2D eigenvalue weighted by Crippen LogP contribution is -2.11. The monoisotopic (exact) mass is 231 g/mol. The summed E-state index contributed by atoms with van der Waals surface area (Å²) < 4.78 is 13.4. The zero-order valence-electron chi connectivity index (χ0n) is 7.36. The van der Waals surface area contributed by atoms with E-state index in [1.165, 1.54) is 6.07 Å². The summed E-state index contributed by atoms with van der Waals surface area (Å²) >= 11 is 3.15. The Bertz CT molecular complexity index is 271. The molecule has 0 spiro atoms. The molecule has 12 heavy (non-hydrogen) atoms. The Kier molecular flexibility index (Phi) is 2.52. The van der Waals surface area contributed by atoms with Gasteiger partial charge in [0.25, 0.3) is 0 Å². The van der Waals surface area contributed by atoms with Crippen molar-refractivity contribution in [2.45, 2.75) is 26.2 Å². The first-order valence-corrected chi connectivity index (χ1v) is 4.52. The van der Waals surface area contributed by atoms with E-state index in [2.05, 4.69) is 20.9 Å². The first-order chi connectivity index (χ1) is 5.39. The van der Waals surface area contributed by atoms with Gasteiger partial charge in [-0.25, -0.2) is 4.98 Å². The van der Waals surface area contributed by atoms with Crippen LogP contribution in [0.1, 0.15) is 26.3 Å². The molecule has 1 nitrogen and oxygen atoms in total. The highest BCUT2D eigenvalue weighted by molar-refractivity contribution is 9.10. The third-order valence-corrected chi connectivity index (χ3v) is 2.04. The van der Waals surface area contributed by atoms with Crippen LogP contribution >= 0.6 is 15.9 Å². The van der Waals surface area contributed by atoms with Gasteiger partial charge in [-0.15, -0.1) is 0 Å². The molecule has 0 unspecified atom stereocenters. The third kappa shape index (κ3) is 2.27. The lowest BCUT2D eigenvalue weighted by molar-refractivity contribution is 0.549. The third-order valence-electron chi connectivity index (χ3n) is 1.63. The fraction of sp³-hybridized carbons (Fsp3) is 0.444. The molecule has 1 heterocycles. The average Bonchev–Trinajstić information content (AvgIpc) is 1.82. The smallest absolute Gasteiger partial charge is 0.213 e. The first-order valence-electron chi connectivity index (χ1n) is 3.73. The fourth-order valence-electron chi connectivity index (χ4n) is 0.898. The highest BCUT2D eigenvalue weighted by atomic mass is 79.9. The lowest BCUT2D eigenvalue weighted by Gasteiger charge is -2.18. The van der Waals surface area contributed by atoms with Crippen LogP contribution in [0.3, 0.4) is 0 Å². The molecule has 0 amide bonds. The summed E-state index contributed by atoms with van der Waals surface area (Å²) in [6.45, 7) is 6.11. The Morgan fingerprint density at radius 2 is 1.92 bits per heavy atom. The summed E-state index contributed by atoms with van der Waals surface area (Å²) in [5.74, 6) is -0.436. The number of halogens is 2. The maximum absolute atomic E-state index is 12.8. The molecule has 0 atom stereocenters. The van der Waals surface area contributed by atoms with E-state index in [-0.39, 0.29) is 5.41 Å². The summed E-state index contributed by atoms with van der Waals surface area (Å²) in [7, 11) is 0. The Balaban J connectivity index is 3.18. The van der Waals surface area contributed by atoms with E-state index < -0.39 is 5.95 Å². The van der Waals surface area contributed by atoms with Crippen molar-refractivity contribution in [1.82, 2.24) is 4.98 Å². The largest absolute Gasteiger partial charge is 0.214 e. The highest BCUT2D eigenvalue weighted by Crippen LogP contribution is 2.24. The topological polar surface area (TPSA) is 12.9 Å². The van der Waals surface area contributed by atoms with Crippen molar-refractivity contribution in [3.63, 3.8) is 0 Å². The maximum Gasteiger partial charge on any atom is 0.214 e. The van der Waals surface area contributed by atoms with Crippen LogP contribution in [0.4, 0.5) is 4.39 Å². The van der Waals surface area contributed by atoms with Gasteiger partial charge in [0.05, 0.1) is 0 Å². The van der Waals surface area contributed by atoms with Gasteiger partial charge in [-0.3, -0.25) is 0 Å². The van der Waals surface area contributed by atoms with E-state index in [4.69, 9.17) is 0 Å². The zero-order chi connectivity index (χ0) is 9.35. The second kappa shape index (κ2) is 3.13. The van der Waals surface area contributed by atoms with Crippen LogP contribution in [0.15, 0.2) is 16.7 Å². The second-order valence-corrected chi connectivity index (χ2v) is 4.56. The molecule has 1 aromatic rings. The van der Waals surface area contributed by atoms with Gasteiger partial charge in [-0.05, 0) is 39.0 Å². The Hall–Kier alpha value is -0.440. The molecule has 1 rings (SSSR count). The molecule has 0 aromatic carbocycles. The number of pyridine rings is 1. The zero-order valence-corrected chi connectivity index (χ0v) is 8.94. The van der Waals surface area contributed by atoms with Gasteiger partial charge in [-0.1, -0.05) is 20.8 Å². The summed E-state index contributed by atoms with van der Waals surface area (Å²) in [5.41, 5.74) is 0.911. The predicted octanol–water partition coefficient (Wildman–Crippen LogP) is 3.28. The Labute approximate surface area is 80.1 Å². The van der Waals surface area contributed by atoms with Crippen LogP contribution in [0, 0.1) is 5.95 Å². The molecule has 66 valence electrons. The number of rotatable bonds is 0. The van der Waals surface area contributed by atoms with Gasteiger partial charge < -0.3 is 0 Å². The van der Waals surface area contributed by atoms with Crippen LogP contribution in [-0.2, 0) is 5.41 Å². The number of hydrogen-bond acceptors (Lipinski definition) is 1. The van der Waals surface area contributed by atoms with Gasteiger partial charge in [-0.2, -0.15) is 4.39 Å². The van der Waals surface area contributed by atoms with E-state index in [1.807, 2.05) is 26.8 Å². The number of nitrogens with zero attached hydrogens (tertiary/aromatic N) is 1. The Morgan fingerprint density at radius 3 is 2.33 bits per heavy atom. The maximum atomic E-state index is 12.8. The van der Waals surface area contributed by atoms with Crippen molar-refractivity contribution in [2.75, 3.05) is 0 Å². The second-order valence-electron chi connectivity index (χ2n) is 3.75. The molecule has 0 aliphatic rings.